The van der Waals surface area contributed by atoms with E-state index in [1.165, 1.54) is 19.2 Å². The Hall–Kier alpha value is -2.57. The number of carboxylic acid groups (broad SMARTS) is 1. The van der Waals surface area contributed by atoms with Crippen molar-refractivity contribution in [1.82, 2.24) is 5.32 Å². The van der Waals surface area contributed by atoms with Gasteiger partial charge in [0.2, 0.25) is 11.8 Å². The summed E-state index contributed by atoms with van der Waals surface area (Å²) >= 11 is 0. The minimum absolute atomic E-state index is 0.0546. The zero-order valence-corrected chi connectivity index (χ0v) is 16.2. The largest absolute Gasteiger partial charge is 0.496 e. The molecule has 1 aromatic rings. The predicted octanol–water partition coefficient (Wildman–Crippen LogP) is 3.20. The van der Waals surface area contributed by atoms with Crippen LogP contribution in [0.2, 0.25) is 0 Å². The van der Waals surface area contributed by atoms with Crippen LogP contribution in [0.3, 0.4) is 0 Å². The molecule has 2 saturated carbocycles. The number of ether oxygens (including phenoxy) is 1. The monoisotopic (exact) mass is 388 g/mol. The fourth-order valence-electron chi connectivity index (χ4n) is 4.20. The second-order valence-electron chi connectivity index (χ2n) is 7.75. The van der Waals surface area contributed by atoms with Crippen LogP contribution in [0, 0.1) is 11.8 Å². The number of nitrogens with one attached hydrogen (secondary N) is 2. The van der Waals surface area contributed by atoms with E-state index < -0.39 is 5.97 Å². The van der Waals surface area contributed by atoms with Gasteiger partial charge in [-0.3, -0.25) is 9.59 Å². The molecule has 0 spiro atoms. The lowest BCUT2D eigenvalue weighted by Crippen LogP contribution is -2.41. The Kier molecular flexibility index (Phi) is 6.54. The van der Waals surface area contributed by atoms with Crippen molar-refractivity contribution in [2.45, 2.75) is 57.4 Å². The Morgan fingerprint density at radius 3 is 2.21 bits per heavy atom. The van der Waals surface area contributed by atoms with Crippen molar-refractivity contribution in [3.8, 4) is 5.75 Å². The van der Waals surface area contributed by atoms with Gasteiger partial charge in [0.1, 0.15) is 11.3 Å². The molecule has 152 valence electrons. The third-order valence-corrected chi connectivity index (χ3v) is 5.87. The van der Waals surface area contributed by atoms with Crippen LogP contribution < -0.4 is 15.4 Å². The molecule has 28 heavy (non-hydrogen) atoms. The summed E-state index contributed by atoms with van der Waals surface area (Å²) in [5.41, 5.74) is 0.572. The summed E-state index contributed by atoms with van der Waals surface area (Å²) in [4.78, 5) is 36.0. The van der Waals surface area contributed by atoms with Crippen molar-refractivity contribution in [2.75, 3.05) is 12.4 Å². The summed E-state index contributed by atoms with van der Waals surface area (Å²) in [5.74, 6) is -0.701. The van der Waals surface area contributed by atoms with E-state index in [-0.39, 0.29) is 41.0 Å². The lowest BCUT2D eigenvalue weighted by Gasteiger charge is -2.29. The van der Waals surface area contributed by atoms with E-state index in [0.717, 1.165) is 51.4 Å². The first-order chi connectivity index (χ1) is 13.5. The molecule has 0 radical (unpaired) electrons. The number of anilines is 1. The van der Waals surface area contributed by atoms with Crippen LogP contribution >= 0.6 is 0 Å². The Bertz CT molecular complexity index is 734. The maximum Gasteiger partial charge on any atom is 0.339 e. The average Bonchev–Trinajstić information content (AvgIpc) is 3.23. The van der Waals surface area contributed by atoms with Crippen LogP contribution in [0.5, 0.6) is 5.75 Å². The van der Waals surface area contributed by atoms with Gasteiger partial charge < -0.3 is 20.5 Å². The minimum Gasteiger partial charge on any atom is -0.496 e. The molecule has 0 aromatic heterocycles. The van der Waals surface area contributed by atoms with E-state index in [9.17, 15) is 14.4 Å². The van der Waals surface area contributed by atoms with Crippen LogP contribution in [-0.4, -0.2) is 36.0 Å². The van der Waals surface area contributed by atoms with Crippen molar-refractivity contribution in [3.05, 3.63) is 23.8 Å². The molecular weight excluding hydrogens is 360 g/mol. The van der Waals surface area contributed by atoms with Crippen LogP contribution in [0.4, 0.5) is 5.69 Å². The van der Waals surface area contributed by atoms with Gasteiger partial charge in [-0.25, -0.2) is 4.79 Å². The number of carbonyl (C=O) groups is 3. The van der Waals surface area contributed by atoms with E-state index in [2.05, 4.69) is 10.6 Å². The van der Waals surface area contributed by atoms with Gasteiger partial charge in [0, 0.05) is 29.6 Å². The van der Waals surface area contributed by atoms with Crippen molar-refractivity contribution in [2.24, 2.45) is 11.8 Å². The van der Waals surface area contributed by atoms with Gasteiger partial charge in [-0.1, -0.05) is 12.8 Å². The second kappa shape index (κ2) is 9.08. The number of benzene rings is 1. The van der Waals surface area contributed by atoms with E-state index in [1.807, 2.05) is 0 Å². The quantitative estimate of drug-likeness (QED) is 0.694. The molecular formula is C21H28N2O5. The number of hydrogen-bond donors (Lipinski definition) is 3. The minimum atomic E-state index is -1.08. The highest BCUT2D eigenvalue weighted by Crippen LogP contribution is 2.29. The molecule has 1 aromatic carbocycles. The summed E-state index contributed by atoms with van der Waals surface area (Å²) in [6.45, 7) is 0. The van der Waals surface area contributed by atoms with Gasteiger partial charge in [-0.05, 0) is 50.7 Å². The van der Waals surface area contributed by atoms with Crippen molar-refractivity contribution in [1.29, 1.82) is 0 Å². The van der Waals surface area contributed by atoms with Gasteiger partial charge >= 0.3 is 5.97 Å². The van der Waals surface area contributed by atoms with Crippen molar-refractivity contribution in [3.63, 3.8) is 0 Å². The maximum atomic E-state index is 12.6. The SMILES string of the molecule is COc1cc(NC(=O)C2CCC(NC(=O)C3CCCC3)CC2)ccc1C(=O)O. The first-order valence-electron chi connectivity index (χ1n) is 10.0. The number of aromatic carboxylic acids is 1. The van der Waals surface area contributed by atoms with Crippen LogP contribution in [-0.2, 0) is 9.59 Å². The highest BCUT2D eigenvalue weighted by atomic mass is 16.5. The Balaban J connectivity index is 1.50. The lowest BCUT2D eigenvalue weighted by molar-refractivity contribution is -0.125. The molecule has 2 aliphatic rings. The molecule has 0 unspecified atom stereocenters. The number of carbonyl (C=O) groups excluding carboxylic acids is 2. The normalized spacial score (nSPS) is 22.5. The molecule has 2 fully saturated rings. The number of rotatable bonds is 6. The Morgan fingerprint density at radius 1 is 0.964 bits per heavy atom. The van der Waals surface area contributed by atoms with E-state index in [0.29, 0.717) is 5.69 Å². The summed E-state index contributed by atoms with van der Waals surface area (Å²) in [5, 5.41) is 15.1. The zero-order chi connectivity index (χ0) is 20.1. The van der Waals surface area contributed by atoms with Crippen LogP contribution in [0.15, 0.2) is 18.2 Å². The Morgan fingerprint density at radius 2 is 1.61 bits per heavy atom. The molecule has 3 rings (SSSR count). The molecule has 0 heterocycles. The van der Waals surface area contributed by atoms with Gasteiger partial charge in [0.25, 0.3) is 0 Å². The van der Waals surface area contributed by atoms with E-state index >= 15 is 0 Å². The number of amides is 2. The van der Waals surface area contributed by atoms with E-state index in [1.54, 1.807) is 6.07 Å². The summed E-state index contributed by atoms with van der Waals surface area (Å²) < 4.78 is 5.10. The highest BCUT2D eigenvalue weighted by molar-refractivity contribution is 5.95. The van der Waals surface area contributed by atoms with Crippen LogP contribution in [0.25, 0.3) is 0 Å². The molecule has 0 saturated heterocycles. The summed E-state index contributed by atoms with van der Waals surface area (Å²) in [6, 6.07) is 4.67. The molecule has 7 nitrogen and oxygen atoms in total. The van der Waals surface area contributed by atoms with Gasteiger partial charge in [0.05, 0.1) is 7.11 Å². The second-order valence-corrected chi connectivity index (χ2v) is 7.75. The predicted molar refractivity (Wildman–Crippen MR) is 104 cm³/mol. The first kappa shape index (κ1) is 20.2. The standard InChI is InChI=1S/C21H28N2O5/c1-28-18-12-16(10-11-17(18)21(26)27)23-20(25)14-6-8-15(9-7-14)22-19(24)13-4-2-3-5-13/h10-15H,2-9H2,1H3,(H,22,24)(H,23,25)(H,26,27). The maximum absolute atomic E-state index is 12.6. The summed E-state index contributed by atoms with van der Waals surface area (Å²) in [6.07, 6.45) is 7.33. The molecule has 2 aliphatic carbocycles. The summed E-state index contributed by atoms with van der Waals surface area (Å²) in [7, 11) is 1.40. The highest BCUT2D eigenvalue weighted by Gasteiger charge is 2.30. The van der Waals surface area contributed by atoms with Gasteiger partial charge in [0.15, 0.2) is 0 Å². The van der Waals surface area contributed by atoms with E-state index in [4.69, 9.17) is 9.84 Å². The number of hydrogen-bond acceptors (Lipinski definition) is 4. The third-order valence-electron chi connectivity index (χ3n) is 5.87. The lowest BCUT2D eigenvalue weighted by atomic mass is 9.85. The Labute approximate surface area is 164 Å². The fourth-order valence-corrected chi connectivity index (χ4v) is 4.20. The van der Waals surface area contributed by atoms with Crippen molar-refractivity contribution < 1.29 is 24.2 Å². The number of carboxylic acids is 1. The molecule has 0 bridgehead atoms. The van der Waals surface area contributed by atoms with Gasteiger partial charge in [-0.15, -0.1) is 0 Å². The molecule has 7 heteroatoms. The smallest absolute Gasteiger partial charge is 0.339 e. The van der Waals surface area contributed by atoms with Crippen LogP contribution in [0.1, 0.15) is 61.7 Å². The topological polar surface area (TPSA) is 105 Å². The average molecular weight is 388 g/mol. The number of methoxy groups -OCH3 is 1. The molecule has 2 amide bonds. The molecule has 3 N–H and O–H groups in total. The fraction of sp³-hybridized carbons (Fsp3) is 0.571. The third kappa shape index (κ3) is 4.82. The molecule has 0 aliphatic heterocycles. The molecule has 0 atom stereocenters. The van der Waals surface area contributed by atoms with Crippen molar-refractivity contribution >= 4 is 23.5 Å². The zero-order valence-electron chi connectivity index (χ0n) is 16.2. The first-order valence-corrected chi connectivity index (χ1v) is 10.0. The van der Waals surface area contributed by atoms with Gasteiger partial charge in [-0.2, -0.15) is 0 Å².